The van der Waals surface area contributed by atoms with Gasteiger partial charge in [0.25, 0.3) is 0 Å². The lowest BCUT2D eigenvalue weighted by molar-refractivity contribution is -0.134. The first-order chi connectivity index (χ1) is 9.23. The minimum atomic E-state index is -4.35. The molecule has 0 spiro atoms. The van der Waals surface area contributed by atoms with Crippen LogP contribution >= 0.6 is 0 Å². The minimum Gasteiger partial charge on any atom is -0.329 e. The Balaban J connectivity index is 2.60. The second-order valence-electron chi connectivity index (χ2n) is 4.35. The molecule has 0 aromatic heterocycles. The van der Waals surface area contributed by atoms with Crippen LogP contribution in [0.15, 0.2) is 30.3 Å². The van der Waals surface area contributed by atoms with Crippen molar-refractivity contribution < 1.29 is 21.6 Å². The molecule has 4 nitrogen and oxygen atoms in total. The summed E-state index contributed by atoms with van der Waals surface area (Å²) in [6, 6.07) is 8.01. The molecule has 114 valence electrons. The van der Waals surface area contributed by atoms with Gasteiger partial charge in [0, 0.05) is 13.0 Å². The molecule has 1 aromatic rings. The third-order valence-electron chi connectivity index (χ3n) is 2.63. The van der Waals surface area contributed by atoms with E-state index in [2.05, 4.69) is 4.72 Å². The van der Waals surface area contributed by atoms with Gasteiger partial charge in [0.15, 0.2) is 0 Å². The van der Waals surface area contributed by atoms with E-state index in [-0.39, 0.29) is 6.54 Å². The molecule has 1 aromatic carbocycles. The van der Waals surface area contributed by atoms with Gasteiger partial charge >= 0.3 is 6.18 Å². The highest BCUT2D eigenvalue weighted by Gasteiger charge is 2.28. The Morgan fingerprint density at radius 3 is 2.30 bits per heavy atom. The highest BCUT2D eigenvalue weighted by Crippen LogP contribution is 2.21. The van der Waals surface area contributed by atoms with Crippen molar-refractivity contribution >= 4 is 10.0 Å². The number of rotatable bonds is 7. The van der Waals surface area contributed by atoms with Gasteiger partial charge in [-0.3, -0.25) is 0 Å². The molecular formula is C12H17F3N2O2S. The molecule has 0 aliphatic carbocycles. The van der Waals surface area contributed by atoms with Crippen molar-refractivity contribution in [2.45, 2.75) is 25.1 Å². The Morgan fingerprint density at radius 1 is 1.20 bits per heavy atom. The van der Waals surface area contributed by atoms with Crippen LogP contribution in [-0.4, -0.2) is 26.9 Å². The number of benzene rings is 1. The van der Waals surface area contributed by atoms with E-state index in [0.717, 1.165) is 0 Å². The summed E-state index contributed by atoms with van der Waals surface area (Å²) in [6.45, 7) is 0.0303. The van der Waals surface area contributed by atoms with Crippen LogP contribution in [0, 0.1) is 0 Å². The molecule has 0 bridgehead atoms. The Morgan fingerprint density at radius 2 is 1.80 bits per heavy atom. The van der Waals surface area contributed by atoms with Crippen molar-refractivity contribution in [3.05, 3.63) is 35.9 Å². The number of hydrogen-bond donors (Lipinski definition) is 2. The van der Waals surface area contributed by atoms with Crippen LogP contribution < -0.4 is 10.5 Å². The topological polar surface area (TPSA) is 72.2 Å². The molecule has 1 atom stereocenters. The maximum Gasteiger partial charge on any atom is 0.389 e. The van der Waals surface area contributed by atoms with E-state index in [0.29, 0.717) is 5.56 Å². The van der Waals surface area contributed by atoms with E-state index >= 15 is 0 Å². The maximum atomic E-state index is 12.0. The predicted molar refractivity (Wildman–Crippen MR) is 70.4 cm³/mol. The van der Waals surface area contributed by atoms with Crippen LogP contribution in [-0.2, 0) is 10.0 Å². The number of halogens is 3. The summed E-state index contributed by atoms with van der Waals surface area (Å²) in [7, 11) is -3.79. The van der Waals surface area contributed by atoms with E-state index in [9.17, 15) is 21.6 Å². The molecule has 1 unspecified atom stereocenters. The quantitative estimate of drug-likeness (QED) is 0.808. The number of nitrogens with two attached hydrogens (primary N) is 1. The fourth-order valence-electron chi connectivity index (χ4n) is 1.68. The van der Waals surface area contributed by atoms with E-state index in [4.69, 9.17) is 5.73 Å². The lowest BCUT2D eigenvalue weighted by atomic mass is 10.1. The van der Waals surface area contributed by atoms with Gasteiger partial charge in [-0.05, 0) is 12.0 Å². The second kappa shape index (κ2) is 7.05. The lowest BCUT2D eigenvalue weighted by Crippen LogP contribution is -2.35. The summed E-state index contributed by atoms with van der Waals surface area (Å²) in [5.41, 5.74) is 6.18. The molecule has 20 heavy (non-hydrogen) atoms. The molecule has 3 N–H and O–H groups in total. The fourth-order valence-corrected chi connectivity index (χ4v) is 2.98. The molecule has 0 fully saturated rings. The number of nitrogens with one attached hydrogen (secondary N) is 1. The van der Waals surface area contributed by atoms with Crippen LogP contribution in [0.2, 0.25) is 0 Å². The SMILES string of the molecule is NCC(NS(=O)(=O)CCCC(F)(F)F)c1ccccc1. The van der Waals surface area contributed by atoms with Gasteiger partial charge in [-0.15, -0.1) is 0 Å². The predicted octanol–water partition coefficient (Wildman–Crippen LogP) is 1.95. The summed E-state index contributed by atoms with van der Waals surface area (Å²) in [6.07, 6.45) is -5.93. The first kappa shape index (κ1) is 16.9. The first-order valence-corrected chi connectivity index (χ1v) is 7.70. The number of alkyl halides is 3. The molecule has 1 rings (SSSR count). The molecule has 0 aliphatic rings. The molecule has 0 saturated heterocycles. The molecule has 0 heterocycles. The van der Waals surface area contributed by atoms with Gasteiger partial charge in [0.1, 0.15) is 0 Å². The van der Waals surface area contributed by atoms with E-state index in [1.54, 1.807) is 30.3 Å². The van der Waals surface area contributed by atoms with Crippen LogP contribution in [0.4, 0.5) is 13.2 Å². The zero-order valence-electron chi connectivity index (χ0n) is 10.7. The van der Waals surface area contributed by atoms with E-state index in [1.807, 2.05) is 0 Å². The third kappa shape index (κ3) is 6.36. The van der Waals surface area contributed by atoms with Gasteiger partial charge in [0.2, 0.25) is 10.0 Å². The van der Waals surface area contributed by atoms with Crippen LogP contribution in [0.5, 0.6) is 0 Å². The molecule has 0 radical (unpaired) electrons. The van der Waals surface area contributed by atoms with Crippen molar-refractivity contribution in [2.24, 2.45) is 5.73 Å². The Bertz CT molecular complexity index is 503. The van der Waals surface area contributed by atoms with Gasteiger partial charge in [-0.25, -0.2) is 13.1 Å². The Hall–Kier alpha value is -1.12. The Labute approximate surface area is 116 Å². The lowest BCUT2D eigenvalue weighted by Gasteiger charge is -2.17. The van der Waals surface area contributed by atoms with Crippen molar-refractivity contribution in [2.75, 3.05) is 12.3 Å². The number of hydrogen-bond acceptors (Lipinski definition) is 3. The summed E-state index contributed by atoms with van der Waals surface area (Å²) < 4.78 is 61.7. The number of sulfonamides is 1. The molecule has 0 amide bonds. The van der Waals surface area contributed by atoms with Crippen molar-refractivity contribution in [3.8, 4) is 0 Å². The molecular weight excluding hydrogens is 293 g/mol. The summed E-state index contributed by atoms with van der Waals surface area (Å²) in [5, 5.41) is 0. The van der Waals surface area contributed by atoms with Crippen LogP contribution in [0.1, 0.15) is 24.4 Å². The second-order valence-corrected chi connectivity index (χ2v) is 6.23. The largest absolute Gasteiger partial charge is 0.389 e. The highest BCUT2D eigenvalue weighted by atomic mass is 32.2. The van der Waals surface area contributed by atoms with Crippen molar-refractivity contribution in [1.82, 2.24) is 4.72 Å². The fraction of sp³-hybridized carbons (Fsp3) is 0.500. The van der Waals surface area contributed by atoms with E-state index < -0.39 is 40.8 Å². The average molecular weight is 310 g/mol. The van der Waals surface area contributed by atoms with Gasteiger partial charge in [0.05, 0.1) is 11.8 Å². The summed E-state index contributed by atoms with van der Waals surface area (Å²) in [4.78, 5) is 0. The molecule has 8 heteroatoms. The molecule has 0 aliphatic heterocycles. The van der Waals surface area contributed by atoms with Gasteiger partial charge < -0.3 is 5.73 Å². The van der Waals surface area contributed by atoms with Crippen molar-refractivity contribution in [3.63, 3.8) is 0 Å². The van der Waals surface area contributed by atoms with E-state index in [1.165, 1.54) is 0 Å². The maximum absolute atomic E-state index is 12.0. The highest BCUT2D eigenvalue weighted by molar-refractivity contribution is 7.89. The monoisotopic (exact) mass is 310 g/mol. The first-order valence-electron chi connectivity index (χ1n) is 6.05. The third-order valence-corrected chi connectivity index (χ3v) is 4.10. The van der Waals surface area contributed by atoms with Crippen molar-refractivity contribution in [1.29, 1.82) is 0 Å². The average Bonchev–Trinajstić information content (AvgIpc) is 2.35. The summed E-state index contributed by atoms with van der Waals surface area (Å²) >= 11 is 0. The molecule has 0 saturated carbocycles. The van der Waals surface area contributed by atoms with Gasteiger partial charge in [-0.2, -0.15) is 13.2 Å². The van der Waals surface area contributed by atoms with Crippen LogP contribution in [0.25, 0.3) is 0 Å². The zero-order chi connectivity index (χ0) is 15.2. The van der Waals surface area contributed by atoms with Crippen LogP contribution in [0.3, 0.4) is 0 Å². The standard InChI is InChI=1S/C12H17F3N2O2S/c13-12(14,15)7-4-8-20(18,19)17-11(9-16)10-5-2-1-3-6-10/h1-3,5-6,11,17H,4,7-9,16H2. The summed E-state index contributed by atoms with van der Waals surface area (Å²) in [5.74, 6) is -0.574. The zero-order valence-corrected chi connectivity index (χ0v) is 11.5. The smallest absolute Gasteiger partial charge is 0.329 e. The normalized spacial score (nSPS) is 14.2. The Kier molecular flexibility index (Phi) is 5.97. The minimum absolute atomic E-state index is 0.0303. The van der Waals surface area contributed by atoms with Gasteiger partial charge in [-0.1, -0.05) is 30.3 Å².